The highest BCUT2D eigenvalue weighted by Gasteiger charge is 2.54. The summed E-state index contributed by atoms with van der Waals surface area (Å²) in [5.41, 5.74) is 0. The number of aliphatic hydroxyl groups excluding tert-OH is 2. The van der Waals surface area contributed by atoms with Crippen LogP contribution >= 0.6 is 0 Å². The minimum Gasteiger partial charge on any atom is -0.480 e. The summed E-state index contributed by atoms with van der Waals surface area (Å²) in [4.78, 5) is 13.9. The van der Waals surface area contributed by atoms with Gasteiger partial charge in [-0.15, -0.1) is 0 Å². The van der Waals surface area contributed by atoms with Gasteiger partial charge in [0.05, 0.1) is 12.2 Å². The van der Waals surface area contributed by atoms with Crippen molar-refractivity contribution in [3.05, 3.63) is 12.2 Å². The molecule has 0 radical (unpaired) electrons. The monoisotopic (exact) mass is 405 g/mol. The quantitative estimate of drug-likeness (QED) is 0.562. The molecule has 2 unspecified atom stereocenters. The van der Waals surface area contributed by atoms with E-state index in [1.54, 1.807) is 0 Å². The Morgan fingerprint density at radius 2 is 1.86 bits per heavy atom. The van der Waals surface area contributed by atoms with Gasteiger partial charge in [-0.2, -0.15) is 0 Å². The van der Waals surface area contributed by atoms with Gasteiger partial charge < -0.3 is 15.3 Å². The SMILES string of the molecule is O=C(O)C1CCCC2C[C@@H]3[C@@H](C=C[C@H](O)CCCC4CCCCC4)[C@H](O)C[C@H]3N21. The first-order chi connectivity index (χ1) is 14.0. The Balaban J connectivity index is 1.30. The molecule has 0 amide bonds. The number of carboxylic acids is 1. The van der Waals surface area contributed by atoms with Crippen molar-refractivity contribution in [2.75, 3.05) is 0 Å². The highest BCUT2D eigenvalue weighted by atomic mass is 16.4. The molecule has 0 aromatic rings. The fourth-order valence-corrected chi connectivity index (χ4v) is 6.90. The molecule has 5 heteroatoms. The van der Waals surface area contributed by atoms with Gasteiger partial charge in [0.15, 0.2) is 0 Å². The number of hydrogen-bond donors (Lipinski definition) is 3. The molecular formula is C24H39NO4. The number of aliphatic hydroxyl groups is 2. The third-order valence-electron chi connectivity index (χ3n) is 8.32. The molecule has 29 heavy (non-hydrogen) atoms. The van der Waals surface area contributed by atoms with Crippen LogP contribution in [-0.2, 0) is 4.79 Å². The summed E-state index contributed by atoms with van der Waals surface area (Å²) < 4.78 is 0. The lowest BCUT2D eigenvalue weighted by molar-refractivity contribution is -0.146. The number of rotatable bonds is 7. The van der Waals surface area contributed by atoms with Crippen LogP contribution in [0.15, 0.2) is 12.2 Å². The molecule has 2 saturated heterocycles. The van der Waals surface area contributed by atoms with E-state index < -0.39 is 18.2 Å². The van der Waals surface area contributed by atoms with Crippen molar-refractivity contribution in [2.24, 2.45) is 17.8 Å². The van der Waals surface area contributed by atoms with E-state index in [4.69, 9.17) is 0 Å². The molecule has 0 bridgehead atoms. The third kappa shape index (κ3) is 4.72. The van der Waals surface area contributed by atoms with Gasteiger partial charge in [-0.05, 0) is 50.4 Å². The Kier molecular flexibility index (Phi) is 6.98. The molecule has 0 aromatic carbocycles. The van der Waals surface area contributed by atoms with Gasteiger partial charge in [0.1, 0.15) is 6.04 Å². The number of carboxylic acid groups (broad SMARTS) is 1. The van der Waals surface area contributed by atoms with Crippen LogP contribution in [0.2, 0.25) is 0 Å². The van der Waals surface area contributed by atoms with Crippen LogP contribution in [0, 0.1) is 17.8 Å². The zero-order valence-corrected chi connectivity index (χ0v) is 17.7. The van der Waals surface area contributed by atoms with Gasteiger partial charge in [-0.1, -0.05) is 57.1 Å². The summed E-state index contributed by atoms with van der Waals surface area (Å²) >= 11 is 0. The van der Waals surface area contributed by atoms with Crippen LogP contribution in [0.5, 0.6) is 0 Å². The zero-order chi connectivity index (χ0) is 20.4. The average molecular weight is 406 g/mol. The van der Waals surface area contributed by atoms with E-state index in [0.717, 1.165) is 44.4 Å². The standard InChI is InChI=1S/C24H39NO4/c26-18(10-4-8-16-6-2-1-3-7-16)12-13-19-20-14-17-9-5-11-21(24(28)29)25(17)22(20)15-23(19)27/h12-13,16-23,26-27H,1-11,14-15H2,(H,28,29)/t17?,18-,19-,20-,21?,22-,23-/m1/s1. The molecule has 0 spiro atoms. The number of piperidine rings is 1. The molecule has 3 N–H and O–H groups in total. The van der Waals surface area contributed by atoms with Crippen LogP contribution in [0.1, 0.15) is 83.5 Å². The van der Waals surface area contributed by atoms with Crippen molar-refractivity contribution in [1.82, 2.24) is 4.90 Å². The van der Waals surface area contributed by atoms with E-state index in [1.807, 2.05) is 6.08 Å². The Hall–Kier alpha value is -0.910. The maximum atomic E-state index is 11.7. The van der Waals surface area contributed by atoms with Crippen LogP contribution in [-0.4, -0.2) is 56.5 Å². The van der Waals surface area contributed by atoms with E-state index in [2.05, 4.69) is 11.0 Å². The Labute approximate surface area is 175 Å². The second-order valence-electron chi connectivity index (χ2n) is 10.1. The summed E-state index contributed by atoms with van der Waals surface area (Å²) in [5, 5.41) is 30.7. The minimum absolute atomic E-state index is 0.0491. The highest BCUT2D eigenvalue weighted by Crippen LogP contribution is 2.49. The minimum atomic E-state index is -0.711. The normalized spacial score (nSPS) is 39.5. The number of hydrogen-bond acceptors (Lipinski definition) is 4. The van der Waals surface area contributed by atoms with Crippen molar-refractivity contribution in [2.45, 2.75) is 114 Å². The van der Waals surface area contributed by atoms with Gasteiger partial charge in [0, 0.05) is 18.0 Å². The molecule has 5 nitrogen and oxygen atoms in total. The first-order valence-electron chi connectivity index (χ1n) is 12.1. The number of carbonyl (C=O) groups is 1. The summed E-state index contributed by atoms with van der Waals surface area (Å²) in [7, 11) is 0. The Morgan fingerprint density at radius 1 is 1.07 bits per heavy atom. The predicted molar refractivity (Wildman–Crippen MR) is 112 cm³/mol. The molecule has 4 rings (SSSR count). The van der Waals surface area contributed by atoms with Crippen molar-refractivity contribution in [3.63, 3.8) is 0 Å². The van der Waals surface area contributed by atoms with Gasteiger partial charge in [0.25, 0.3) is 0 Å². The third-order valence-corrected chi connectivity index (χ3v) is 8.32. The van der Waals surface area contributed by atoms with Gasteiger partial charge >= 0.3 is 5.97 Å². The Morgan fingerprint density at radius 3 is 2.62 bits per heavy atom. The fraction of sp³-hybridized carbons (Fsp3) is 0.875. The molecule has 4 aliphatic rings. The van der Waals surface area contributed by atoms with Crippen molar-refractivity contribution in [1.29, 1.82) is 0 Å². The molecule has 2 heterocycles. The van der Waals surface area contributed by atoms with Crippen LogP contribution in [0.3, 0.4) is 0 Å². The second kappa shape index (κ2) is 9.49. The lowest BCUT2D eigenvalue weighted by Crippen LogP contribution is -2.51. The van der Waals surface area contributed by atoms with E-state index >= 15 is 0 Å². The number of nitrogens with zero attached hydrogens (tertiary/aromatic N) is 1. The summed E-state index contributed by atoms with van der Waals surface area (Å²) in [6, 6.07) is 0.141. The van der Waals surface area contributed by atoms with Gasteiger partial charge in [0.2, 0.25) is 0 Å². The molecule has 2 saturated carbocycles. The topological polar surface area (TPSA) is 81.0 Å². The zero-order valence-electron chi connectivity index (χ0n) is 17.7. The molecule has 7 atom stereocenters. The summed E-state index contributed by atoms with van der Waals surface area (Å²) in [5.74, 6) is 0.515. The maximum absolute atomic E-state index is 11.7. The van der Waals surface area contributed by atoms with Crippen molar-refractivity contribution >= 4 is 5.97 Å². The second-order valence-corrected chi connectivity index (χ2v) is 10.1. The Bertz CT molecular complexity index is 587. The van der Waals surface area contributed by atoms with E-state index in [1.165, 1.54) is 38.5 Å². The molecule has 2 aliphatic heterocycles. The summed E-state index contributed by atoms with van der Waals surface area (Å²) in [6.45, 7) is 0. The van der Waals surface area contributed by atoms with Crippen LogP contribution in [0.25, 0.3) is 0 Å². The van der Waals surface area contributed by atoms with Crippen molar-refractivity contribution in [3.8, 4) is 0 Å². The first kappa shape index (κ1) is 21.3. The predicted octanol–water partition coefficient (Wildman–Crippen LogP) is 3.73. The maximum Gasteiger partial charge on any atom is 0.320 e. The molecule has 4 fully saturated rings. The largest absolute Gasteiger partial charge is 0.480 e. The first-order valence-corrected chi connectivity index (χ1v) is 12.1. The number of aliphatic carboxylic acids is 1. The van der Waals surface area contributed by atoms with Gasteiger partial charge in [-0.25, -0.2) is 0 Å². The lowest BCUT2D eigenvalue weighted by atomic mass is 9.85. The highest BCUT2D eigenvalue weighted by molar-refractivity contribution is 5.73. The smallest absolute Gasteiger partial charge is 0.320 e. The summed E-state index contributed by atoms with van der Waals surface area (Å²) in [6.07, 6.45) is 17.5. The molecular weight excluding hydrogens is 366 g/mol. The van der Waals surface area contributed by atoms with Crippen LogP contribution < -0.4 is 0 Å². The van der Waals surface area contributed by atoms with Crippen molar-refractivity contribution < 1.29 is 20.1 Å². The van der Waals surface area contributed by atoms with E-state index in [0.29, 0.717) is 18.4 Å². The number of fused-ring (bicyclic) bond motifs is 3. The lowest BCUT2D eigenvalue weighted by Gasteiger charge is -2.38. The molecule has 164 valence electrons. The molecule has 2 aliphatic carbocycles. The average Bonchev–Trinajstić information content (AvgIpc) is 3.21. The van der Waals surface area contributed by atoms with E-state index in [-0.39, 0.29) is 18.0 Å². The fourth-order valence-electron chi connectivity index (χ4n) is 6.90. The molecule has 0 aromatic heterocycles. The van der Waals surface area contributed by atoms with E-state index in [9.17, 15) is 20.1 Å². The van der Waals surface area contributed by atoms with Gasteiger partial charge in [-0.3, -0.25) is 9.69 Å². The van der Waals surface area contributed by atoms with Crippen LogP contribution in [0.4, 0.5) is 0 Å².